The Morgan fingerprint density at radius 3 is 2.58 bits per heavy atom. The summed E-state index contributed by atoms with van der Waals surface area (Å²) in [7, 11) is 1.29. The Kier molecular flexibility index (Phi) is 6.41. The first kappa shape index (κ1) is 22.1. The molecule has 0 radical (unpaired) electrons. The maximum Gasteiger partial charge on any atom is 0.513 e. The molecule has 0 fully saturated rings. The lowest BCUT2D eigenvalue weighted by Gasteiger charge is -2.12. The van der Waals surface area contributed by atoms with Gasteiger partial charge in [0.1, 0.15) is 11.6 Å². The number of carbonyl (C=O) groups excluding carboxylic acids is 1. The lowest BCUT2D eigenvalue weighted by Crippen LogP contribution is -2.08. The Hall–Kier alpha value is -4.11. The maximum absolute atomic E-state index is 11.6. The number of para-hydroxylation sites is 1. The van der Waals surface area contributed by atoms with Crippen LogP contribution in [0.25, 0.3) is 22.2 Å². The molecule has 0 bridgehead atoms. The minimum Gasteiger partial charge on any atom is -0.437 e. The van der Waals surface area contributed by atoms with Crippen molar-refractivity contribution in [2.24, 2.45) is 0 Å². The molecule has 3 aromatic carbocycles. The van der Waals surface area contributed by atoms with Gasteiger partial charge in [0.25, 0.3) is 0 Å². The number of benzene rings is 3. The van der Waals surface area contributed by atoms with Crippen LogP contribution in [0.4, 0.5) is 4.79 Å². The molecule has 0 amide bonds. The van der Waals surface area contributed by atoms with E-state index in [1.54, 1.807) is 6.07 Å². The topological polar surface area (TPSA) is 77.1 Å². The average Bonchev–Trinajstić information content (AvgIpc) is 3.17. The van der Waals surface area contributed by atoms with Crippen LogP contribution in [0.15, 0.2) is 60.7 Å². The third kappa shape index (κ3) is 4.58. The van der Waals surface area contributed by atoms with E-state index in [1.807, 2.05) is 49.4 Å². The van der Waals surface area contributed by atoms with Crippen LogP contribution in [0.2, 0.25) is 0 Å². The number of aryl methyl sites for hydroxylation is 2. The van der Waals surface area contributed by atoms with Crippen molar-refractivity contribution in [1.82, 2.24) is 9.55 Å². The summed E-state index contributed by atoms with van der Waals surface area (Å²) in [6.07, 6.45) is 1.11. The highest BCUT2D eigenvalue weighted by molar-refractivity contribution is 5.81. The van der Waals surface area contributed by atoms with Crippen molar-refractivity contribution >= 4 is 17.2 Å². The van der Waals surface area contributed by atoms with Gasteiger partial charge in [-0.1, -0.05) is 49.4 Å². The Bertz CT molecular complexity index is 1350. The number of ether oxygens (including phenoxy) is 2. The summed E-state index contributed by atoms with van der Waals surface area (Å²) < 4.78 is 12.1. The van der Waals surface area contributed by atoms with Gasteiger partial charge in [0, 0.05) is 18.5 Å². The molecule has 4 aromatic rings. The van der Waals surface area contributed by atoms with Crippen LogP contribution >= 0.6 is 0 Å². The second-order valence-electron chi connectivity index (χ2n) is 7.89. The highest BCUT2D eigenvalue weighted by Gasteiger charge is 2.15. The van der Waals surface area contributed by atoms with Crippen molar-refractivity contribution in [2.75, 3.05) is 7.11 Å². The zero-order chi connectivity index (χ0) is 23.4. The van der Waals surface area contributed by atoms with E-state index in [9.17, 15) is 10.1 Å². The number of methoxy groups -OCH3 is 1. The van der Waals surface area contributed by atoms with E-state index in [2.05, 4.69) is 34.4 Å². The molecular formula is C27H25N3O3. The van der Waals surface area contributed by atoms with Gasteiger partial charge in [-0.3, -0.25) is 0 Å². The van der Waals surface area contributed by atoms with Gasteiger partial charge in [-0.05, 0) is 48.2 Å². The molecule has 0 unspecified atom stereocenters. The van der Waals surface area contributed by atoms with Gasteiger partial charge in [0.05, 0.1) is 29.8 Å². The quantitative estimate of drug-likeness (QED) is 0.271. The predicted octanol–water partition coefficient (Wildman–Crippen LogP) is 6.03. The fourth-order valence-corrected chi connectivity index (χ4v) is 3.99. The molecule has 0 N–H and O–H groups in total. The molecule has 0 saturated heterocycles. The number of nitriles is 1. The number of hydrogen-bond donors (Lipinski definition) is 0. The lowest BCUT2D eigenvalue weighted by atomic mass is 10.0. The first-order valence-corrected chi connectivity index (χ1v) is 10.9. The number of hydrogen-bond acceptors (Lipinski definition) is 5. The Morgan fingerprint density at radius 1 is 1.12 bits per heavy atom. The summed E-state index contributed by atoms with van der Waals surface area (Å²) in [5.41, 5.74) is 6.44. The van der Waals surface area contributed by atoms with E-state index in [0.717, 1.165) is 52.0 Å². The summed E-state index contributed by atoms with van der Waals surface area (Å²) in [5.74, 6) is 1.47. The van der Waals surface area contributed by atoms with Crippen molar-refractivity contribution in [1.29, 1.82) is 5.26 Å². The van der Waals surface area contributed by atoms with Gasteiger partial charge in [0.2, 0.25) is 0 Å². The summed E-state index contributed by atoms with van der Waals surface area (Å²) in [6.45, 7) is 4.79. The van der Waals surface area contributed by atoms with Crippen molar-refractivity contribution in [3.05, 3.63) is 83.2 Å². The van der Waals surface area contributed by atoms with Crippen LogP contribution in [-0.2, 0) is 17.7 Å². The fraction of sp³-hybridized carbons (Fsp3) is 0.222. The van der Waals surface area contributed by atoms with Crippen LogP contribution in [-0.4, -0.2) is 22.8 Å². The highest BCUT2D eigenvalue weighted by Crippen LogP contribution is 2.31. The van der Waals surface area contributed by atoms with Gasteiger partial charge in [-0.25, -0.2) is 9.78 Å². The minimum absolute atomic E-state index is 0.447. The highest BCUT2D eigenvalue weighted by atomic mass is 16.7. The lowest BCUT2D eigenvalue weighted by molar-refractivity contribution is 0.121. The molecule has 166 valence electrons. The van der Waals surface area contributed by atoms with Crippen LogP contribution in [0, 0.1) is 18.3 Å². The molecule has 4 rings (SSSR count). The molecular weight excluding hydrogens is 414 g/mol. The number of carbonyl (C=O) groups is 1. The van der Waals surface area contributed by atoms with E-state index in [1.165, 1.54) is 7.11 Å². The Morgan fingerprint density at radius 2 is 1.88 bits per heavy atom. The zero-order valence-electron chi connectivity index (χ0n) is 19.0. The van der Waals surface area contributed by atoms with E-state index < -0.39 is 6.16 Å². The van der Waals surface area contributed by atoms with Gasteiger partial charge in [-0.2, -0.15) is 5.26 Å². The first-order valence-electron chi connectivity index (χ1n) is 10.9. The number of imidazole rings is 1. The first-order chi connectivity index (χ1) is 16.0. The Labute approximate surface area is 193 Å². The van der Waals surface area contributed by atoms with Gasteiger partial charge in [0.15, 0.2) is 0 Å². The summed E-state index contributed by atoms with van der Waals surface area (Å²) in [4.78, 5) is 16.5. The smallest absolute Gasteiger partial charge is 0.437 e. The molecule has 33 heavy (non-hydrogen) atoms. The van der Waals surface area contributed by atoms with E-state index in [-0.39, 0.29) is 0 Å². The number of rotatable bonds is 6. The maximum atomic E-state index is 11.6. The number of fused-ring (bicyclic) bond motifs is 1. The molecule has 0 aliphatic heterocycles. The third-order valence-corrected chi connectivity index (χ3v) is 5.58. The van der Waals surface area contributed by atoms with Crippen molar-refractivity contribution in [2.45, 2.75) is 33.2 Å². The molecule has 6 heteroatoms. The van der Waals surface area contributed by atoms with E-state index >= 15 is 0 Å². The van der Waals surface area contributed by atoms with Crippen molar-refractivity contribution in [3.63, 3.8) is 0 Å². The molecule has 0 aliphatic rings. The van der Waals surface area contributed by atoms with Crippen molar-refractivity contribution in [3.8, 4) is 22.9 Å². The predicted molar refractivity (Wildman–Crippen MR) is 127 cm³/mol. The Balaban J connectivity index is 1.68. The van der Waals surface area contributed by atoms with Crippen LogP contribution in [0.3, 0.4) is 0 Å². The molecule has 0 atom stereocenters. The molecule has 0 spiro atoms. The zero-order valence-corrected chi connectivity index (χ0v) is 19.0. The van der Waals surface area contributed by atoms with Crippen LogP contribution in [0.1, 0.15) is 35.9 Å². The second-order valence-corrected chi connectivity index (χ2v) is 7.89. The molecule has 1 heterocycles. The molecule has 0 aliphatic carbocycles. The monoisotopic (exact) mass is 439 g/mol. The van der Waals surface area contributed by atoms with Gasteiger partial charge in [-0.15, -0.1) is 0 Å². The SMILES string of the molecule is CCCc1nc2c(C)cc(C#N)cc2n1Cc1ccc(-c2ccccc2OC(=O)OC)cc1. The molecule has 6 nitrogen and oxygen atoms in total. The number of aromatic nitrogens is 2. The van der Waals surface area contributed by atoms with E-state index in [0.29, 0.717) is 17.9 Å². The summed E-state index contributed by atoms with van der Waals surface area (Å²) in [5, 5.41) is 9.43. The van der Waals surface area contributed by atoms with Crippen molar-refractivity contribution < 1.29 is 14.3 Å². The third-order valence-electron chi connectivity index (χ3n) is 5.58. The summed E-state index contributed by atoms with van der Waals surface area (Å²) in [6, 6.07) is 21.6. The van der Waals surface area contributed by atoms with E-state index in [4.69, 9.17) is 9.72 Å². The standard InChI is InChI=1S/C27H25N3O3/c1-4-7-25-29-26-18(2)14-20(16-28)15-23(26)30(25)17-19-10-12-21(13-11-19)22-8-5-6-9-24(22)33-27(31)32-3/h5-6,8-15H,4,7,17H2,1-3H3. The molecule has 0 saturated carbocycles. The molecule has 1 aromatic heterocycles. The average molecular weight is 440 g/mol. The van der Waals surface area contributed by atoms with Crippen LogP contribution < -0.4 is 4.74 Å². The minimum atomic E-state index is -0.749. The van der Waals surface area contributed by atoms with Gasteiger partial charge < -0.3 is 14.0 Å². The normalized spacial score (nSPS) is 10.7. The second kappa shape index (κ2) is 9.58. The van der Waals surface area contributed by atoms with Gasteiger partial charge >= 0.3 is 6.16 Å². The number of nitrogens with zero attached hydrogens (tertiary/aromatic N) is 3. The fourth-order valence-electron chi connectivity index (χ4n) is 3.99. The summed E-state index contributed by atoms with van der Waals surface area (Å²) >= 11 is 0. The van der Waals surface area contributed by atoms with Crippen LogP contribution in [0.5, 0.6) is 5.75 Å². The largest absolute Gasteiger partial charge is 0.513 e.